The minimum Gasteiger partial charge on any atom is -0.465 e. The number of halogens is 2. The normalized spacial score (nSPS) is 19.4. The first-order chi connectivity index (χ1) is 9.61. The molecule has 1 aromatic heterocycles. The third kappa shape index (κ3) is 3.61. The first kappa shape index (κ1) is 15.9. The zero-order valence-electron chi connectivity index (χ0n) is 11.8. The first-order valence-electron chi connectivity index (χ1n) is 6.62. The number of furan rings is 1. The number of nitrogens with one attached hydrogen (secondary N) is 1. The van der Waals surface area contributed by atoms with Crippen LogP contribution in [0, 0.1) is 19.8 Å². The van der Waals surface area contributed by atoms with Gasteiger partial charge in [0.2, 0.25) is 11.8 Å². The maximum Gasteiger partial charge on any atom is 0.267 e. The average Bonchev–Trinajstić information content (AvgIpc) is 2.68. The molecule has 0 atom stereocenters. The Morgan fingerprint density at radius 2 is 1.90 bits per heavy atom. The van der Waals surface area contributed by atoms with Crippen molar-refractivity contribution in [2.75, 3.05) is 0 Å². The van der Waals surface area contributed by atoms with Crippen LogP contribution in [0.1, 0.15) is 37.2 Å². The third-order valence-electron chi connectivity index (χ3n) is 3.61. The van der Waals surface area contributed by atoms with E-state index in [0.29, 0.717) is 5.76 Å². The number of rotatable bonds is 3. The Kier molecular flexibility index (Phi) is 4.10. The summed E-state index contributed by atoms with van der Waals surface area (Å²) in [5.74, 6) is -3.59. The van der Waals surface area contributed by atoms with E-state index in [1.54, 1.807) is 6.92 Å². The second-order valence-electron chi connectivity index (χ2n) is 5.38. The SMILES string of the molecule is Cc1cc(S(=O)(=O)NC(=O)C2CCC(F)(F)CC2)c(C)o1. The molecule has 1 N–H and O–H groups in total. The maximum absolute atomic E-state index is 13.0. The van der Waals surface area contributed by atoms with Crippen molar-refractivity contribution in [1.82, 2.24) is 4.72 Å². The molecule has 8 heteroatoms. The van der Waals surface area contributed by atoms with E-state index in [2.05, 4.69) is 0 Å². The van der Waals surface area contributed by atoms with Crippen LogP contribution in [0.25, 0.3) is 0 Å². The van der Waals surface area contributed by atoms with Crippen molar-refractivity contribution in [3.8, 4) is 0 Å². The lowest BCUT2D eigenvalue weighted by molar-refractivity contribution is -0.127. The van der Waals surface area contributed by atoms with Gasteiger partial charge in [-0.3, -0.25) is 4.79 Å². The standard InChI is InChI=1S/C13H17F2NO4S/c1-8-7-11(9(2)20-8)21(18,19)16-12(17)10-3-5-13(14,15)6-4-10/h7,10H,3-6H2,1-2H3,(H,16,17). The van der Waals surface area contributed by atoms with Gasteiger partial charge < -0.3 is 4.42 Å². The van der Waals surface area contributed by atoms with E-state index in [4.69, 9.17) is 4.42 Å². The third-order valence-corrected chi connectivity index (χ3v) is 5.06. The van der Waals surface area contributed by atoms with Crippen LogP contribution in [0.15, 0.2) is 15.4 Å². The molecule has 118 valence electrons. The van der Waals surface area contributed by atoms with Crippen molar-refractivity contribution < 1.29 is 26.4 Å². The average molecular weight is 321 g/mol. The molecule has 1 aliphatic rings. The van der Waals surface area contributed by atoms with Crippen molar-refractivity contribution >= 4 is 15.9 Å². The molecule has 0 aliphatic heterocycles. The Morgan fingerprint density at radius 1 is 1.33 bits per heavy atom. The summed E-state index contributed by atoms with van der Waals surface area (Å²) in [6, 6.07) is 1.32. The number of carbonyl (C=O) groups excluding carboxylic acids is 1. The van der Waals surface area contributed by atoms with Crippen LogP contribution in [0.4, 0.5) is 8.78 Å². The fourth-order valence-electron chi connectivity index (χ4n) is 2.45. The lowest BCUT2D eigenvalue weighted by atomic mass is 9.86. The molecule has 1 aromatic rings. The summed E-state index contributed by atoms with van der Waals surface area (Å²) < 4.78 is 57.4. The van der Waals surface area contributed by atoms with Crippen LogP contribution >= 0.6 is 0 Å². The van der Waals surface area contributed by atoms with E-state index in [9.17, 15) is 22.0 Å². The molecular weight excluding hydrogens is 304 g/mol. The predicted molar refractivity (Wildman–Crippen MR) is 70.4 cm³/mol. The van der Waals surface area contributed by atoms with Crippen molar-refractivity contribution in [3.05, 3.63) is 17.6 Å². The molecule has 0 radical (unpaired) electrons. The quantitative estimate of drug-likeness (QED) is 0.928. The van der Waals surface area contributed by atoms with Gasteiger partial charge in [-0.1, -0.05) is 0 Å². The maximum atomic E-state index is 13.0. The van der Waals surface area contributed by atoms with Crippen LogP contribution in [-0.4, -0.2) is 20.2 Å². The van der Waals surface area contributed by atoms with Gasteiger partial charge in [-0.2, -0.15) is 0 Å². The van der Waals surface area contributed by atoms with Crippen molar-refractivity contribution in [1.29, 1.82) is 0 Å². The highest BCUT2D eigenvalue weighted by Crippen LogP contribution is 2.36. The van der Waals surface area contributed by atoms with Crippen molar-refractivity contribution in [2.45, 2.75) is 50.3 Å². The van der Waals surface area contributed by atoms with Gasteiger partial charge in [-0.15, -0.1) is 0 Å². The molecule has 0 bridgehead atoms. The summed E-state index contributed by atoms with van der Waals surface area (Å²) in [6.07, 6.45) is -0.820. The number of aryl methyl sites for hydroxylation is 2. The molecular formula is C13H17F2NO4S. The summed E-state index contributed by atoms with van der Waals surface area (Å²) in [7, 11) is -4.03. The second kappa shape index (κ2) is 5.40. The molecule has 0 saturated heterocycles. The Bertz CT molecular complexity index is 641. The van der Waals surface area contributed by atoms with Gasteiger partial charge in [0, 0.05) is 24.8 Å². The van der Waals surface area contributed by atoms with Crippen LogP contribution in [0.2, 0.25) is 0 Å². The van der Waals surface area contributed by atoms with Gasteiger partial charge in [-0.25, -0.2) is 21.9 Å². The molecule has 2 rings (SSSR count). The number of carbonyl (C=O) groups is 1. The highest BCUT2D eigenvalue weighted by molar-refractivity contribution is 7.90. The lowest BCUT2D eigenvalue weighted by Gasteiger charge is -2.27. The predicted octanol–water partition coefficient (Wildman–Crippen LogP) is 2.53. The van der Waals surface area contributed by atoms with Gasteiger partial charge in [-0.05, 0) is 26.7 Å². The van der Waals surface area contributed by atoms with Gasteiger partial charge in [0.15, 0.2) is 0 Å². The van der Waals surface area contributed by atoms with Gasteiger partial charge >= 0.3 is 0 Å². The second-order valence-corrected chi connectivity index (χ2v) is 7.03. The molecule has 0 aromatic carbocycles. The highest BCUT2D eigenvalue weighted by atomic mass is 32.2. The molecule has 1 saturated carbocycles. The minimum atomic E-state index is -4.03. The molecule has 0 spiro atoms. The molecule has 5 nitrogen and oxygen atoms in total. The van der Waals surface area contributed by atoms with E-state index >= 15 is 0 Å². The fourth-order valence-corrected chi connectivity index (χ4v) is 3.73. The van der Waals surface area contributed by atoms with Crippen LogP contribution < -0.4 is 4.72 Å². The molecule has 1 heterocycles. The zero-order valence-corrected chi connectivity index (χ0v) is 12.6. The summed E-state index contributed by atoms with van der Waals surface area (Å²) in [5.41, 5.74) is 0. The largest absolute Gasteiger partial charge is 0.465 e. The molecule has 1 fully saturated rings. The summed E-state index contributed by atoms with van der Waals surface area (Å²) in [6.45, 7) is 3.07. The molecule has 21 heavy (non-hydrogen) atoms. The number of sulfonamides is 1. The first-order valence-corrected chi connectivity index (χ1v) is 8.10. The Balaban J connectivity index is 2.07. The fraction of sp³-hybridized carbons (Fsp3) is 0.615. The number of hydrogen-bond acceptors (Lipinski definition) is 4. The van der Waals surface area contributed by atoms with Crippen molar-refractivity contribution in [2.24, 2.45) is 5.92 Å². The summed E-state index contributed by atoms with van der Waals surface area (Å²) in [4.78, 5) is 11.8. The van der Waals surface area contributed by atoms with E-state index in [0.717, 1.165) is 0 Å². The van der Waals surface area contributed by atoms with E-state index < -0.39 is 40.6 Å². The van der Waals surface area contributed by atoms with E-state index in [-0.39, 0.29) is 23.5 Å². The van der Waals surface area contributed by atoms with Gasteiger partial charge in [0.05, 0.1) is 0 Å². The Morgan fingerprint density at radius 3 is 2.38 bits per heavy atom. The molecule has 0 unspecified atom stereocenters. The summed E-state index contributed by atoms with van der Waals surface area (Å²) in [5, 5.41) is 0. The minimum absolute atomic E-state index is 0.0161. The van der Waals surface area contributed by atoms with Crippen LogP contribution in [0.5, 0.6) is 0 Å². The monoisotopic (exact) mass is 321 g/mol. The Hall–Kier alpha value is -1.44. The van der Waals surface area contributed by atoms with Crippen LogP contribution in [-0.2, 0) is 14.8 Å². The lowest BCUT2D eigenvalue weighted by Crippen LogP contribution is -2.39. The molecule has 1 amide bonds. The van der Waals surface area contributed by atoms with Crippen LogP contribution in [0.3, 0.4) is 0 Å². The van der Waals surface area contributed by atoms with Crippen molar-refractivity contribution in [3.63, 3.8) is 0 Å². The smallest absolute Gasteiger partial charge is 0.267 e. The topological polar surface area (TPSA) is 76.4 Å². The van der Waals surface area contributed by atoms with E-state index in [1.807, 2.05) is 4.72 Å². The van der Waals surface area contributed by atoms with Gasteiger partial charge in [0.25, 0.3) is 10.0 Å². The number of hydrogen-bond donors (Lipinski definition) is 1. The highest BCUT2D eigenvalue weighted by Gasteiger charge is 2.38. The number of alkyl halides is 2. The molecule has 1 aliphatic carbocycles. The number of amides is 1. The Labute approximate surface area is 121 Å². The zero-order chi connectivity index (χ0) is 15.8. The van der Waals surface area contributed by atoms with E-state index in [1.165, 1.54) is 13.0 Å². The van der Waals surface area contributed by atoms with Gasteiger partial charge in [0.1, 0.15) is 16.4 Å². The summed E-state index contributed by atoms with van der Waals surface area (Å²) >= 11 is 0.